The number of rotatable bonds is 5. The van der Waals surface area contributed by atoms with E-state index in [0.29, 0.717) is 34.8 Å². The predicted molar refractivity (Wildman–Crippen MR) is 134 cm³/mol. The lowest BCUT2D eigenvalue weighted by atomic mass is 9.68. The van der Waals surface area contributed by atoms with E-state index in [9.17, 15) is 9.59 Å². The topological polar surface area (TPSA) is 96.2 Å². The second-order valence-corrected chi connectivity index (χ2v) is 9.89. The van der Waals surface area contributed by atoms with E-state index >= 15 is 0 Å². The van der Waals surface area contributed by atoms with Crippen molar-refractivity contribution in [2.24, 2.45) is 5.41 Å². The van der Waals surface area contributed by atoms with Crippen molar-refractivity contribution in [2.45, 2.75) is 32.6 Å². The van der Waals surface area contributed by atoms with Crippen molar-refractivity contribution in [1.82, 2.24) is 0 Å². The third-order valence-electron chi connectivity index (χ3n) is 6.93. The lowest BCUT2D eigenvalue weighted by Crippen LogP contribution is -2.33. The van der Waals surface area contributed by atoms with Gasteiger partial charge in [0, 0.05) is 34.7 Å². The molecule has 0 amide bonds. The summed E-state index contributed by atoms with van der Waals surface area (Å²) in [6.07, 6.45) is 1.16. The maximum atomic E-state index is 13.7. The maximum Gasteiger partial charge on any atom is 0.373 e. The zero-order valence-electron chi connectivity index (χ0n) is 21.2. The molecule has 2 aliphatic rings. The number of allylic oxidation sites excluding steroid dienone is 2. The average molecular weight is 492 g/mol. The lowest BCUT2D eigenvalue weighted by Gasteiger charge is -2.39. The van der Waals surface area contributed by atoms with E-state index in [1.165, 1.54) is 7.11 Å². The molecular formula is C28H29NO7. The number of ketones is 1. The van der Waals surface area contributed by atoms with Gasteiger partial charge in [0.1, 0.15) is 5.58 Å². The Hall–Kier alpha value is -3.94. The molecule has 0 bridgehead atoms. The van der Waals surface area contributed by atoms with E-state index in [4.69, 9.17) is 23.4 Å². The fourth-order valence-corrected chi connectivity index (χ4v) is 5.44. The predicted octanol–water partition coefficient (Wildman–Crippen LogP) is 5.45. The van der Waals surface area contributed by atoms with Crippen molar-refractivity contribution in [3.63, 3.8) is 0 Å². The van der Waals surface area contributed by atoms with E-state index in [1.54, 1.807) is 27.4 Å². The minimum atomic E-state index is -0.566. The number of fused-ring (bicyclic) bond motifs is 3. The fraction of sp³-hybridized carbons (Fsp3) is 0.357. The Bertz CT molecular complexity index is 1400. The van der Waals surface area contributed by atoms with Crippen LogP contribution in [0.15, 0.2) is 46.0 Å². The quantitative estimate of drug-likeness (QED) is 0.471. The summed E-state index contributed by atoms with van der Waals surface area (Å²) in [7, 11) is 5.99. The Morgan fingerprint density at radius 3 is 2.31 bits per heavy atom. The molecule has 1 atom stereocenters. The molecular weight excluding hydrogens is 462 g/mol. The molecule has 1 aliphatic heterocycles. The summed E-state index contributed by atoms with van der Waals surface area (Å²) in [6.45, 7) is 4.20. The highest BCUT2D eigenvalue weighted by molar-refractivity contribution is 6.05. The van der Waals surface area contributed by atoms with Crippen LogP contribution < -0.4 is 19.5 Å². The Labute approximate surface area is 209 Å². The molecule has 0 saturated heterocycles. The summed E-state index contributed by atoms with van der Waals surface area (Å²) in [5.74, 6) is 0.619. The van der Waals surface area contributed by atoms with Crippen molar-refractivity contribution in [1.29, 1.82) is 0 Å². The first kappa shape index (κ1) is 23.8. The van der Waals surface area contributed by atoms with Gasteiger partial charge in [0.05, 0.1) is 28.4 Å². The van der Waals surface area contributed by atoms with Crippen LogP contribution in [0.25, 0.3) is 11.0 Å². The van der Waals surface area contributed by atoms with Crippen LogP contribution in [-0.2, 0) is 9.53 Å². The number of methoxy groups -OCH3 is 4. The van der Waals surface area contributed by atoms with Gasteiger partial charge in [0.15, 0.2) is 17.3 Å². The van der Waals surface area contributed by atoms with Gasteiger partial charge in [-0.1, -0.05) is 13.8 Å². The van der Waals surface area contributed by atoms with Crippen LogP contribution in [0.1, 0.15) is 54.3 Å². The normalized spacial score (nSPS) is 18.3. The van der Waals surface area contributed by atoms with Crippen LogP contribution in [0, 0.1) is 5.41 Å². The number of nitrogens with one attached hydrogen (secondary N) is 1. The van der Waals surface area contributed by atoms with Gasteiger partial charge < -0.3 is 28.7 Å². The van der Waals surface area contributed by atoms with Crippen molar-refractivity contribution in [3.05, 3.63) is 58.5 Å². The number of carbonyl (C=O) groups excluding carboxylic acids is 2. The number of furan rings is 1. The van der Waals surface area contributed by atoms with Gasteiger partial charge in [-0.3, -0.25) is 4.79 Å². The van der Waals surface area contributed by atoms with Crippen molar-refractivity contribution < 1.29 is 33.0 Å². The molecule has 188 valence electrons. The van der Waals surface area contributed by atoms with E-state index in [0.717, 1.165) is 34.3 Å². The minimum Gasteiger partial charge on any atom is -0.493 e. The second kappa shape index (κ2) is 8.62. The number of ether oxygens (including phenoxy) is 4. The van der Waals surface area contributed by atoms with Crippen molar-refractivity contribution in [3.8, 4) is 17.2 Å². The number of anilines is 1. The molecule has 8 nitrogen and oxygen atoms in total. The molecule has 1 aromatic heterocycles. The number of carbonyl (C=O) groups is 2. The van der Waals surface area contributed by atoms with Gasteiger partial charge in [-0.15, -0.1) is 0 Å². The molecule has 0 fully saturated rings. The zero-order chi connectivity index (χ0) is 25.8. The van der Waals surface area contributed by atoms with Crippen LogP contribution in [-0.4, -0.2) is 40.2 Å². The van der Waals surface area contributed by atoms with Crippen LogP contribution in [0.3, 0.4) is 0 Å². The van der Waals surface area contributed by atoms with Gasteiger partial charge in [0.2, 0.25) is 11.5 Å². The highest BCUT2D eigenvalue weighted by atomic mass is 16.5. The fourth-order valence-electron chi connectivity index (χ4n) is 5.44. The van der Waals surface area contributed by atoms with Crippen LogP contribution >= 0.6 is 0 Å². The molecule has 1 N–H and O–H groups in total. The first-order valence-corrected chi connectivity index (χ1v) is 11.7. The number of hydrogen-bond acceptors (Lipinski definition) is 8. The number of Topliss-reactive ketones (excluding diaryl/α,β-unsaturated/α-hetero) is 1. The molecule has 8 heteroatoms. The van der Waals surface area contributed by atoms with Gasteiger partial charge in [0.25, 0.3) is 0 Å². The molecule has 0 saturated carbocycles. The van der Waals surface area contributed by atoms with Gasteiger partial charge in [-0.05, 0) is 53.3 Å². The van der Waals surface area contributed by atoms with E-state index in [1.807, 2.05) is 24.3 Å². The number of benzene rings is 2. The van der Waals surface area contributed by atoms with Gasteiger partial charge >= 0.3 is 5.97 Å². The largest absolute Gasteiger partial charge is 0.493 e. The number of esters is 1. The Kier molecular flexibility index (Phi) is 5.70. The summed E-state index contributed by atoms with van der Waals surface area (Å²) in [5, 5.41) is 4.25. The first-order chi connectivity index (χ1) is 17.2. The second-order valence-electron chi connectivity index (χ2n) is 9.89. The summed E-state index contributed by atoms with van der Waals surface area (Å²) in [4.78, 5) is 25.9. The van der Waals surface area contributed by atoms with Gasteiger partial charge in [-0.25, -0.2) is 4.79 Å². The molecule has 3 aromatic rings. The molecule has 2 heterocycles. The molecule has 5 rings (SSSR count). The van der Waals surface area contributed by atoms with Crippen molar-refractivity contribution >= 4 is 28.4 Å². The smallest absolute Gasteiger partial charge is 0.373 e. The molecule has 1 unspecified atom stereocenters. The molecule has 0 radical (unpaired) electrons. The lowest BCUT2D eigenvalue weighted by molar-refractivity contribution is -0.118. The molecule has 36 heavy (non-hydrogen) atoms. The standard InChI is InChI=1S/C28H29NO7/c1-28(2)12-17-25(18(30)13-28)23(14-9-20(32-3)26(34-5)21(10-14)33-4)24-15-11-22(27(31)35-6)36-19(15)8-7-16(24)29-17/h7-11,23,29H,12-13H2,1-6H3. The van der Waals surface area contributed by atoms with Crippen molar-refractivity contribution in [2.75, 3.05) is 33.8 Å². The van der Waals surface area contributed by atoms with E-state index in [2.05, 4.69) is 19.2 Å². The third kappa shape index (κ3) is 3.68. The monoisotopic (exact) mass is 491 g/mol. The van der Waals surface area contributed by atoms with Crippen LogP contribution in [0.4, 0.5) is 5.69 Å². The molecule has 0 spiro atoms. The first-order valence-electron chi connectivity index (χ1n) is 11.7. The Morgan fingerprint density at radius 1 is 1.00 bits per heavy atom. The average Bonchev–Trinajstić information content (AvgIpc) is 3.29. The summed E-state index contributed by atoms with van der Waals surface area (Å²) in [6, 6.07) is 9.16. The molecule has 2 aromatic carbocycles. The summed E-state index contributed by atoms with van der Waals surface area (Å²) in [5.41, 5.74) is 4.46. The zero-order valence-corrected chi connectivity index (χ0v) is 21.2. The van der Waals surface area contributed by atoms with Gasteiger partial charge in [-0.2, -0.15) is 0 Å². The van der Waals surface area contributed by atoms with E-state index < -0.39 is 11.9 Å². The molecule has 1 aliphatic carbocycles. The minimum absolute atomic E-state index is 0.0758. The number of hydrogen-bond donors (Lipinski definition) is 1. The Morgan fingerprint density at radius 2 is 1.69 bits per heavy atom. The van der Waals surface area contributed by atoms with Crippen LogP contribution in [0.2, 0.25) is 0 Å². The summed E-state index contributed by atoms with van der Waals surface area (Å²) < 4.78 is 27.5. The highest BCUT2D eigenvalue weighted by Gasteiger charge is 2.42. The summed E-state index contributed by atoms with van der Waals surface area (Å²) >= 11 is 0. The highest BCUT2D eigenvalue weighted by Crippen LogP contribution is 2.53. The third-order valence-corrected chi connectivity index (χ3v) is 6.93. The maximum absolute atomic E-state index is 13.7. The Balaban J connectivity index is 1.82. The van der Waals surface area contributed by atoms with Crippen LogP contribution in [0.5, 0.6) is 17.2 Å². The SMILES string of the molecule is COC(=O)c1cc2c3c(ccc2o1)NC1=C(C(=O)CC(C)(C)C1)C3c1cc(OC)c(OC)c(OC)c1. The van der Waals surface area contributed by atoms with E-state index in [-0.39, 0.29) is 17.0 Å².